The van der Waals surface area contributed by atoms with Crippen LogP contribution in [0.15, 0.2) is 42.0 Å². The molecule has 1 aromatic heterocycles. The van der Waals surface area contributed by atoms with Crippen LogP contribution in [0, 0.1) is 6.92 Å². The van der Waals surface area contributed by atoms with E-state index in [0.717, 1.165) is 35.0 Å². The van der Waals surface area contributed by atoms with Gasteiger partial charge in [0, 0.05) is 11.1 Å². The van der Waals surface area contributed by atoms with Crippen LogP contribution in [0.5, 0.6) is 0 Å². The molecule has 2 nitrogen and oxygen atoms in total. The topological polar surface area (TPSA) is 33.1 Å². The maximum Gasteiger partial charge on any atom is 0.101 e. The van der Waals surface area contributed by atoms with Crippen LogP contribution in [0.1, 0.15) is 49.5 Å². The first-order valence-corrected chi connectivity index (χ1v) is 7.49. The smallest absolute Gasteiger partial charge is 0.101 e. The predicted octanol–water partition coefficient (Wildman–Crippen LogP) is 4.47. The second-order valence-electron chi connectivity index (χ2n) is 5.65. The molecular weight excluding hydrogens is 246 g/mol. The summed E-state index contributed by atoms with van der Waals surface area (Å²) >= 11 is 0. The van der Waals surface area contributed by atoms with Crippen molar-refractivity contribution < 1.29 is 5.11 Å². The Hall–Kier alpha value is -1.67. The molecule has 0 saturated heterocycles. The number of nitrogens with zero attached hydrogens (tertiary/aromatic N) is 1. The fourth-order valence-corrected chi connectivity index (χ4v) is 3.05. The van der Waals surface area contributed by atoms with Gasteiger partial charge >= 0.3 is 0 Å². The molecule has 0 bridgehead atoms. The van der Waals surface area contributed by atoms with Crippen LogP contribution in [-0.2, 0) is 0 Å². The maximum atomic E-state index is 10.8. The van der Waals surface area contributed by atoms with E-state index in [0.29, 0.717) is 0 Å². The van der Waals surface area contributed by atoms with Gasteiger partial charge in [0.15, 0.2) is 0 Å². The van der Waals surface area contributed by atoms with E-state index in [4.69, 9.17) is 0 Å². The Balaban J connectivity index is 2.06. The van der Waals surface area contributed by atoms with Gasteiger partial charge < -0.3 is 5.11 Å². The number of aliphatic hydroxyl groups is 1. The van der Waals surface area contributed by atoms with Crippen molar-refractivity contribution in [1.29, 1.82) is 0 Å². The highest BCUT2D eigenvalue weighted by Crippen LogP contribution is 2.33. The third-order valence-electron chi connectivity index (χ3n) is 4.10. The second kappa shape index (κ2) is 5.76. The minimum Gasteiger partial charge on any atom is -0.384 e. The third kappa shape index (κ3) is 2.61. The van der Waals surface area contributed by atoms with Crippen molar-refractivity contribution in [3.8, 4) is 0 Å². The number of pyridine rings is 1. The van der Waals surface area contributed by atoms with Crippen molar-refractivity contribution in [1.82, 2.24) is 4.98 Å². The Labute approximate surface area is 120 Å². The summed E-state index contributed by atoms with van der Waals surface area (Å²) in [6.45, 7) is 1.99. The molecule has 1 heterocycles. The van der Waals surface area contributed by atoms with Gasteiger partial charge in [-0.05, 0) is 55.9 Å². The van der Waals surface area contributed by atoms with E-state index >= 15 is 0 Å². The van der Waals surface area contributed by atoms with Gasteiger partial charge in [-0.15, -0.1) is 0 Å². The Morgan fingerprint density at radius 3 is 2.90 bits per heavy atom. The number of aromatic nitrogens is 1. The van der Waals surface area contributed by atoms with Crippen molar-refractivity contribution in [3.05, 3.63) is 53.2 Å². The summed E-state index contributed by atoms with van der Waals surface area (Å²) in [5.74, 6) is 0. The van der Waals surface area contributed by atoms with Crippen LogP contribution >= 0.6 is 0 Å². The van der Waals surface area contributed by atoms with Gasteiger partial charge in [0.05, 0.1) is 5.52 Å². The SMILES string of the molecule is Cc1cc(C(O)C2=CCCCCC2)c2ccccc2n1. The summed E-state index contributed by atoms with van der Waals surface area (Å²) in [6.07, 6.45) is 7.55. The van der Waals surface area contributed by atoms with Crippen LogP contribution in [0.3, 0.4) is 0 Å². The molecule has 0 spiro atoms. The minimum atomic E-state index is -0.486. The molecule has 1 atom stereocenters. The van der Waals surface area contributed by atoms with Gasteiger partial charge in [0.2, 0.25) is 0 Å². The molecule has 3 rings (SSSR count). The van der Waals surface area contributed by atoms with Gasteiger partial charge in [0.25, 0.3) is 0 Å². The van der Waals surface area contributed by atoms with Crippen LogP contribution in [0.25, 0.3) is 10.9 Å². The Bertz CT molecular complexity index is 645. The summed E-state index contributed by atoms with van der Waals surface area (Å²) in [6, 6.07) is 10.1. The molecule has 1 aromatic carbocycles. The molecule has 1 N–H and O–H groups in total. The van der Waals surface area contributed by atoms with Crippen molar-refractivity contribution in [2.45, 2.75) is 45.1 Å². The molecular formula is C18H21NO. The number of aryl methyl sites for hydroxylation is 1. The van der Waals surface area contributed by atoms with Crippen molar-refractivity contribution >= 4 is 10.9 Å². The minimum absolute atomic E-state index is 0.486. The molecule has 1 aliphatic carbocycles. The number of para-hydroxylation sites is 1. The van der Waals surface area contributed by atoms with Gasteiger partial charge in [-0.2, -0.15) is 0 Å². The molecule has 2 aromatic rings. The first-order valence-electron chi connectivity index (χ1n) is 7.49. The number of hydrogen-bond donors (Lipinski definition) is 1. The first-order chi connectivity index (χ1) is 9.75. The number of rotatable bonds is 2. The normalized spacial score (nSPS) is 17.6. The molecule has 2 heteroatoms. The lowest BCUT2D eigenvalue weighted by Crippen LogP contribution is -2.04. The largest absolute Gasteiger partial charge is 0.384 e. The lowest BCUT2D eigenvalue weighted by molar-refractivity contribution is 0.212. The highest BCUT2D eigenvalue weighted by Gasteiger charge is 2.17. The van der Waals surface area contributed by atoms with E-state index in [1.54, 1.807) is 0 Å². The van der Waals surface area contributed by atoms with Crippen LogP contribution in [0.2, 0.25) is 0 Å². The summed E-state index contributed by atoms with van der Waals surface area (Å²) in [7, 11) is 0. The summed E-state index contributed by atoms with van der Waals surface area (Å²) < 4.78 is 0. The van der Waals surface area contributed by atoms with Gasteiger partial charge in [0.1, 0.15) is 6.10 Å². The molecule has 0 fully saturated rings. The van der Waals surface area contributed by atoms with Crippen LogP contribution < -0.4 is 0 Å². The molecule has 20 heavy (non-hydrogen) atoms. The Morgan fingerprint density at radius 2 is 2.00 bits per heavy atom. The van der Waals surface area contributed by atoms with E-state index in [9.17, 15) is 5.11 Å². The van der Waals surface area contributed by atoms with Gasteiger partial charge in [-0.1, -0.05) is 30.7 Å². The van der Waals surface area contributed by atoms with Crippen molar-refractivity contribution in [2.75, 3.05) is 0 Å². The Morgan fingerprint density at radius 1 is 1.15 bits per heavy atom. The first kappa shape index (κ1) is 13.3. The third-order valence-corrected chi connectivity index (χ3v) is 4.10. The van der Waals surface area contributed by atoms with E-state index < -0.39 is 6.10 Å². The lowest BCUT2D eigenvalue weighted by atomic mass is 9.94. The van der Waals surface area contributed by atoms with E-state index in [2.05, 4.69) is 17.1 Å². The van der Waals surface area contributed by atoms with Crippen molar-refractivity contribution in [2.24, 2.45) is 0 Å². The standard InChI is InChI=1S/C18H21NO/c1-13-12-16(15-10-6-7-11-17(15)19-13)18(20)14-8-4-2-3-5-9-14/h6-8,10-12,18,20H,2-5,9H2,1H3. The number of allylic oxidation sites excluding steroid dienone is 1. The monoisotopic (exact) mass is 267 g/mol. The maximum absolute atomic E-state index is 10.8. The second-order valence-corrected chi connectivity index (χ2v) is 5.65. The average molecular weight is 267 g/mol. The van der Waals surface area contributed by atoms with Crippen LogP contribution in [-0.4, -0.2) is 10.1 Å². The van der Waals surface area contributed by atoms with Gasteiger partial charge in [-0.3, -0.25) is 4.98 Å². The fourth-order valence-electron chi connectivity index (χ4n) is 3.05. The van der Waals surface area contributed by atoms with Crippen molar-refractivity contribution in [3.63, 3.8) is 0 Å². The predicted molar refractivity (Wildman–Crippen MR) is 82.6 cm³/mol. The summed E-state index contributed by atoms with van der Waals surface area (Å²) in [4.78, 5) is 4.55. The summed E-state index contributed by atoms with van der Waals surface area (Å²) in [5, 5.41) is 11.9. The van der Waals surface area contributed by atoms with Gasteiger partial charge in [-0.25, -0.2) is 0 Å². The number of benzene rings is 1. The number of fused-ring (bicyclic) bond motifs is 1. The molecule has 1 unspecified atom stereocenters. The molecule has 104 valence electrons. The Kier molecular flexibility index (Phi) is 3.83. The zero-order chi connectivity index (χ0) is 13.9. The lowest BCUT2D eigenvalue weighted by Gasteiger charge is -2.17. The molecule has 1 aliphatic rings. The number of aliphatic hydroxyl groups excluding tert-OH is 1. The summed E-state index contributed by atoms with van der Waals surface area (Å²) in [5.41, 5.74) is 4.11. The highest BCUT2D eigenvalue weighted by molar-refractivity contribution is 5.83. The highest BCUT2D eigenvalue weighted by atomic mass is 16.3. The molecule has 0 aliphatic heterocycles. The molecule has 0 radical (unpaired) electrons. The van der Waals surface area contributed by atoms with Crippen LogP contribution in [0.4, 0.5) is 0 Å². The number of hydrogen-bond acceptors (Lipinski definition) is 2. The van der Waals surface area contributed by atoms with E-state index in [1.165, 1.54) is 24.8 Å². The average Bonchev–Trinajstić information content (AvgIpc) is 2.74. The molecule has 0 saturated carbocycles. The fraction of sp³-hybridized carbons (Fsp3) is 0.389. The zero-order valence-electron chi connectivity index (χ0n) is 12.0. The zero-order valence-corrected chi connectivity index (χ0v) is 12.0. The van der Waals surface area contributed by atoms with E-state index in [1.807, 2.05) is 31.2 Å². The molecule has 0 amide bonds. The quantitative estimate of drug-likeness (QED) is 0.814. The van der Waals surface area contributed by atoms with E-state index in [-0.39, 0.29) is 0 Å².